The molecule has 0 aromatic heterocycles. The van der Waals surface area contributed by atoms with Crippen molar-refractivity contribution in [1.29, 1.82) is 0 Å². The van der Waals surface area contributed by atoms with Gasteiger partial charge in [0.25, 0.3) is 0 Å². The average molecular weight is 249 g/mol. The van der Waals surface area contributed by atoms with E-state index < -0.39 is 0 Å². The molecule has 0 saturated heterocycles. The fourth-order valence-electron chi connectivity index (χ4n) is 2.51. The zero-order valence-electron chi connectivity index (χ0n) is 10.9. The first kappa shape index (κ1) is 13.0. The average Bonchev–Trinajstić information content (AvgIpc) is 2.51. The number of rotatable bonds is 3. The Labute approximate surface area is 109 Å². The van der Waals surface area contributed by atoms with Gasteiger partial charge in [0.2, 0.25) is 0 Å². The molecule has 0 aliphatic heterocycles. The first-order valence-electron chi connectivity index (χ1n) is 6.71. The molecule has 0 spiro atoms. The Hall–Kier alpha value is -0.470. The molecule has 1 aliphatic rings. The molecule has 3 atom stereocenters. The highest BCUT2D eigenvalue weighted by molar-refractivity contribution is 8.00. The van der Waals surface area contributed by atoms with E-state index >= 15 is 0 Å². The van der Waals surface area contributed by atoms with Gasteiger partial charge in [0.15, 0.2) is 0 Å². The normalized spacial score (nSPS) is 26.1. The van der Waals surface area contributed by atoms with Gasteiger partial charge in [0.1, 0.15) is 0 Å². The molecule has 1 nitrogen and oxygen atoms in total. The second-order valence-corrected chi connectivity index (χ2v) is 6.69. The van der Waals surface area contributed by atoms with Gasteiger partial charge in [-0.1, -0.05) is 38.1 Å². The first-order valence-corrected chi connectivity index (χ1v) is 7.65. The molecule has 0 radical (unpaired) electrons. The van der Waals surface area contributed by atoms with Crippen LogP contribution in [0.3, 0.4) is 0 Å². The van der Waals surface area contributed by atoms with Gasteiger partial charge >= 0.3 is 0 Å². The smallest absolute Gasteiger partial charge is 0.0418 e. The van der Waals surface area contributed by atoms with Crippen LogP contribution in [0, 0.1) is 0 Å². The van der Waals surface area contributed by atoms with Gasteiger partial charge in [0, 0.05) is 16.5 Å². The SMILES string of the molecule is CCC(C)SC1CCCc2ccccc2C1N. The van der Waals surface area contributed by atoms with Crippen molar-refractivity contribution in [3.63, 3.8) is 0 Å². The van der Waals surface area contributed by atoms with Crippen molar-refractivity contribution in [3.8, 4) is 0 Å². The van der Waals surface area contributed by atoms with E-state index in [1.54, 1.807) is 0 Å². The third-order valence-electron chi connectivity index (χ3n) is 3.73. The molecule has 0 heterocycles. The minimum atomic E-state index is 0.215. The van der Waals surface area contributed by atoms with Crippen LogP contribution in [0.25, 0.3) is 0 Å². The zero-order valence-corrected chi connectivity index (χ0v) is 11.7. The third kappa shape index (κ3) is 3.05. The molecule has 1 aliphatic carbocycles. The molecule has 3 unspecified atom stereocenters. The van der Waals surface area contributed by atoms with Crippen molar-refractivity contribution in [2.75, 3.05) is 0 Å². The predicted molar refractivity (Wildman–Crippen MR) is 77.4 cm³/mol. The number of aryl methyl sites for hydroxylation is 1. The van der Waals surface area contributed by atoms with E-state index in [1.807, 2.05) is 0 Å². The topological polar surface area (TPSA) is 26.0 Å². The minimum absolute atomic E-state index is 0.215. The molecule has 0 bridgehead atoms. The van der Waals surface area contributed by atoms with Crippen molar-refractivity contribution in [2.45, 2.75) is 56.1 Å². The fourth-order valence-corrected chi connectivity index (χ4v) is 3.92. The van der Waals surface area contributed by atoms with Crippen LogP contribution in [-0.2, 0) is 6.42 Å². The lowest BCUT2D eigenvalue weighted by atomic mass is 10.00. The molecular weight excluding hydrogens is 226 g/mol. The minimum Gasteiger partial charge on any atom is -0.323 e. The van der Waals surface area contributed by atoms with Crippen LogP contribution in [0.15, 0.2) is 24.3 Å². The lowest BCUT2D eigenvalue weighted by molar-refractivity contribution is 0.629. The predicted octanol–water partition coefficient (Wildman–Crippen LogP) is 3.92. The summed E-state index contributed by atoms with van der Waals surface area (Å²) in [6.45, 7) is 4.57. The zero-order chi connectivity index (χ0) is 12.3. The largest absolute Gasteiger partial charge is 0.323 e. The number of benzene rings is 1. The van der Waals surface area contributed by atoms with Crippen LogP contribution in [-0.4, -0.2) is 10.5 Å². The summed E-state index contributed by atoms with van der Waals surface area (Å²) in [5, 5.41) is 1.31. The molecule has 2 rings (SSSR count). The highest BCUT2D eigenvalue weighted by atomic mass is 32.2. The Morgan fingerprint density at radius 1 is 1.41 bits per heavy atom. The molecular formula is C15H23NS. The Morgan fingerprint density at radius 3 is 2.94 bits per heavy atom. The van der Waals surface area contributed by atoms with Crippen LogP contribution < -0.4 is 5.73 Å². The molecule has 1 aromatic rings. The van der Waals surface area contributed by atoms with Gasteiger partial charge in [0.05, 0.1) is 0 Å². The van der Waals surface area contributed by atoms with E-state index in [4.69, 9.17) is 5.73 Å². The van der Waals surface area contributed by atoms with E-state index in [0.717, 1.165) is 5.25 Å². The van der Waals surface area contributed by atoms with Gasteiger partial charge in [-0.25, -0.2) is 0 Å². The van der Waals surface area contributed by atoms with Crippen molar-refractivity contribution in [3.05, 3.63) is 35.4 Å². The lowest BCUT2D eigenvalue weighted by Crippen LogP contribution is -2.24. The summed E-state index contributed by atoms with van der Waals surface area (Å²) in [6.07, 6.45) is 4.96. The summed E-state index contributed by atoms with van der Waals surface area (Å²) in [5.41, 5.74) is 9.32. The monoisotopic (exact) mass is 249 g/mol. The van der Waals surface area contributed by atoms with Gasteiger partial charge in [-0.2, -0.15) is 11.8 Å². The maximum Gasteiger partial charge on any atom is 0.0418 e. The Morgan fingerprint density at radius 2 is 2.18 bits per heavy atom. The van der Waals surface area contributed by atoms with E-state index in [9.17, 15) is 0 Å². The van der Waals surface area contributed by atoms with Crippen LogP contribution in [0.4, 0.5) is 0 Å². The first-order chi connectivity index (χ1) is 8.22. The highest BCUT2D eigenvalue weighted by Crippen LogP contribution is 2.36. The number of hydrogen-bond acceptors (Lipinski definition) is 2. The molecule has 0 fully saturated rings. The van der Waals surface area contributed by atoms with Crippen molar-refractivity contribution < 1.29 is 0 Å². The summed E-state index contributed by atoms with van der Waals surface area (Å²) in [5.74, 6) is 0. The summed E-state index contributed by atoms with van der Waals surface area (Å²) >= 11 is 2.08. The number of thioether (sulfide) groups is 1. The second-order valence-electron chi connectivity index (χ2n) is 5.01. The summed E-state index contributed by atoms with van der Waals surface area (Å²) < 4.78 is 0. The van der Waals surface area contributed by atoms with E-state index in [0.29, 0.717) is 5.25 Å². The van der Waals surface area contributed by atoms with Gasteiger partial charge in [-0.15, -0.1) is 0 Å². The number of nitrogens with two attached hydrogens (primary N) is 1. The highest BCUT2D eigenvalue weighted by Gasteiger charge is 2.25. The molecule has 1 aromatic carbocycles. The molecule has 2 heteroatoms. The quantitative estimate of drug-likeness (QED) is 0.822. The molecule has 2 N–H and O–H groups in total. The lowest BCUT2D eigenvalue weighted by Gasteiger charge is -2.25. The Bertz CT molecular complexity index is 364. The van der Waals surface area contributed by atoms with E-state index in [2.05, 4.69) is 49.9 Å². The number of fused-ring (bicyclic) bond motifs is 1. The van der Waals surface area contributed by atoms with Crippen molar-refractivity contribution >= 4 is 11.8 Å². The Balaban J connectivity index is 2.17. The molecule has 0 saturated carbocycles. The summed E-state index contributed by atoms with van der Waals surface area (Å²) in [6, 6.07) is 8.93. The van der Waals surface area contributed by atoms with Crippen LogP contribution in [0.2, 0.25) is 0 Å². The van der Waals surface area contributed by atoms with Crippen LogP contribution >= 0.6 is 11.8 Å². The summed E-state index contributed by atoms with van der Waals surface area (Å²) in [7, 11) is 0. The molecule has 0 amide bonds. The third-order valence-corrected chi connectivity index (χ3v) is 5.41. The fraction of sp³-hybridized carbons (Fsp3) is 0.600. The van der Waals surface area contributed by atoms with E-state index in [-0.39, 0.29) is 6.04 Å². The standard InChI is InChI=1S/C15H23NS/c1-3-11(2)17-14-10-6-8-12-7-4-5-9-13(12)15(14)16/h4-5,7,9,11,14-15H,3,6,8,10,16H2,1-2H3. The van der Waals surface area contributed by atoms with Crippen LogP contribution in [0.1, 0.15) is 50.3 Å². The molecule has 94 valence electrons. The molecule has 17 heavy (non-hydrogen) atoms. The van der Waals surface area contributed by atoms with E-state index in [1.165, 1.54) is 36.8 Å². The van der Waals surface area contributed by atoms with Gasteiger partial charge in [-0.3, -0.25) is 0 Å². The second kappa shape index (κ2) is 5.92. The van der Waals surface area contributed by atoms with Gasteiger partial charge in [-0.05, 0) is 36.8 Å². The Kier molecular flexibility index (Phi) is 4.52. The van der Waals surface area contributed by atoms with Crippen LogP contribution in [0.5, 0.6) is 0 Å². The van der Waals surface area contributed by atoms with Gasteiger partial charge < -0.3 is 5.73 Å². The summed E-state index contributed by atoms with van der Waals surface area (Å²) in [4.78, 5) is 0. The van der Waals surface area contributed by atoms with Crippen molar-refractivity contribution in [1.82, 2.24) is 0 Å². The number of hydrogen-bond donors (Lipinski definition) is 1. The maximum absolute atomic E-state index is 6.47. The maximum atomic E-state index is 6.47. The van der Waals surface area contributed by atoms with Crippen molar-refractivity contribution in [2.24, 2.45) is 5.73 Å².